The standard InChI is InChI=1S/C54H37N3/c1-3-13-36(14-4-1)39-15-11-16-41(31-39)53-47-21-9-7-19-45(47)52(46-20-8-10-22-48(46)53)38-26-24-37(25-27-38)42-32-43(35-55-34-42)40-28-29-51-50(33-40)49-23-12-30-56-54(49)57(51)44-17-5-2-6-18-44/h1-17,19-35,44H,18H2. The van der Waals surface area contributed by atoms with Crippen LogP contribution in [-0.2, 0) is 0 Å². The summed E-state index contributed by atoms with van der Waals surface area (Å²) in [6.07, 6.45) is 15.6. The van der Waals surface area contributed by atoms with Crippen LogP contribution in [0.1, 0.15) is 12.5 Å². The first-order chi connectivity index (χ1) is 28.3. The maximum absolute atomic E-state index is 4.84. The molecule has 1 atom stereocenters. The molecule has 0 radical (unpaired) electrons. The zero-order valence-corrected chi connectivity index (χ0v) is 31.3. The van der Waals surface area contributed by atoms with Gasteiger partial charge in [-0.15, -0.1) is 0 Å². The van der Waals surface area contributed by atoms with Crippen molar-refractivity contribution in [2.24, 2.45) is 0 Å². The van der Waals surface area contributed by atoms with Gasteiger partial charge in [0, 0.05) is 40.5 Å². The van der Waals surface area contributed by atoms with E-state index in [1.54, 1.807) is 0 Å². The number of pyridine rings is 2. The zero-order valence-electron chi connectivity index (χ0n) is 31.3. The van der Waals surface area contributed by atoms with Crippen molar-refractivity contribution in [1.29, 1.82) is 0 Å². The van der Waals surface area contributed by atoms with Gasteiger partial charge >= 0.3 is 0 Å². The van der Waals surface area contributed by atoms with E-state index in [1.807, 2.05) is 24.7 Å². The van der Waals surface area contributed by atoms with Gasteiger partial charge in [0.1, 0.15) is 5.65 Å². The van der Waals surface area contributed by atoms with Gasteiger partial charge in [-0.1, -0.05) is 152 Å². The van der Waals surface area contributed by atoms with Crippen LogP contribution in [0.15, 0.2) is 207 Å². The lowest BCUT2D eigenvalue weighted by Crippen LogP contribution is -2.07. The third-order valence-corrected chi connectivity index (χ3v) is 11.6. The quantitative estimate of drug-likeness (QED) is 0.160. The number of allylic oxidation sites excluding steroid dienone is 4. The van der Waals surface area contributed by atoms with Crippen LogP contribution < -0.4 is 0 Å². The third kappa shape index (κ3) is 5.67. The topological polar surface area (TPSA) is 30.7 Å². The maximum atomic E-state index is 4.84. The van der Waals surface area contributed by atoms with Crippen LogP contribution in [0.5, 0.6) is 0 Å². The van der Waals surface area contributed by atoms with Gasteiger partial charge in [0.15, 0.2) is 0 Å². The van der Waals surface area contributed by atoms with Gasteiger partial charge in [0.25, 0.3) is 0 Å². The Balaban J connectivity index is 0.981. The van der Waals surface area contributed by atoms with Crippen molar-refractivity contribution in [3.63, 3.8) is 0 Å². The van der Waals surface area contributed by atoms with Gasteiger partial charge in [-0.2, -0.15) is 0 Å². The van der Waals surface area contributed by atoms with Crippen molar-refractivity contribution in [3.05, 3.63) is 207 Å². The molecule has 0 amide bonds. The van der Waals surface area contributed by atoms with E-state index >= 15 is 0 Å². The molecule has 1 unspecified atom stereocenters. The van der Waals surface area contributed by atoms with Gasteiger partial charge in [0.05, 0.1) is 11.6 Å². The Hall–Kier alpha value is -7.36. The van der Waals surface area contributed by atoms with E-state index < -0.39 is 0 Å². The van der Waals surface area contributed by atoms with Crippen LogP contribution in [0.3, 0.4) is 0 Å². The Bertz CT molecular complexity index is 3150. The molecule has 10 aromatic rings. The van der Waals surface area contributed by atoms with Crippen molar-refractivity contribution in [2.45, 2.75) is 12.5 Å². The van der Waals surface area contributed by atoms with Crippen molar-refractivity contribution >= 4 is 43.5 Å². The molecule has 0 spiro atoms. The van der Waals surface area contributed by atoms with Crippen LogP contribution >= 0.6 is 0 Å². The second-order valence-electron chi connectivity index (χ2n) is 14.9. The van der Waals surface area contributed by atoms with Crippen LogP contribution in [0, 0.1) is 0 Å². The number of fused-ring (bicyclic) bond motifs is 5. The Kier molecular flexibility index (Phi) is 7.96. The fourth-order valence-corrected chi connectivity index (χ4v) is 8.97. The van der Waals surface area contributed by atoms with Crippen LogP contribution in [0.25, 0.3) is 99.1 Å². The predicted molar refractivity (Wildman–Crippen MR) is 239 cm³/mol. The lowest BCUT2D eigenvalue weighted by molar-refractivity contribution is 0.643. The first kappa shape index (κ1) is 33.0. The minimum absolute atomic E-state index is 0.245. The molecule has 3 aromatic heterocycles. The average Bonchev–Trinajstić information content (AvgIpc) is 3.62. The highest BCUT2D eigenvalue weighted by molar-refractivity contribution is 6.21. The summed E-state index contributed by atoms with van der Waals surface area (Å²) < 4.78 is 2.38. The molecule has 3 heteroatoms. The van der Waals surface area contributed by atoms with Crippen molar-refractivity contribution in [2.75, 3.05) is 0 Å². The number of hydrogen-bond donors (Lipinski definition) is 0. The second kappa shape index (κ2) is 13.7. The molecule has 11 rings (SSSR count). The van der Waals surface area contributed by atoms with E-state index in [1.165, 1.54) is 71.2 Å². The molecule has 3 heterocycles. The molecule has 0 saturated heterocycles. The summed E-state index contributed by atoms with van der Waals surface area (Å²) in [7, 11) is 0. The summed E-state index contributed by atoms with van der Waals surface area (Å²) in [4.78, 5) is 9.59. The largest absolute Gasteiger partial charge is 0.318 e. The van der Waals surface area contributed by atoms with E-state index in [4.69, 9.17) is 9.97 Å². The number of aromatic nitrogens is 3. The summed E-state index contributed by atoms with van der Waals surface area (Å²) in [6, 6.07) is 59.9. The lowest BCUT2D eigenvalue weighted by atomic mass is 9.85. The molecular weight excluding hydrogens is 691 g/mol. The predicted octanol–water partition coefficient (Wildman–Crippen LogP) is 14.3. The fraction of sp³-hybridized carbons (Fsp3) is 0.0370. The highest BCUT2D eigenvalue weighted by Gasteiger charge is 2.20. The molecule has 3 nitrogen and oxygen atoms in total. The summed E-state index contributed by atoms with van der Waals surface area (Å²) in [5.74, 6) is 0. The van der Waals surface area contributed by atoms with Crippen LogP contribution in [0.4, 0.5) is 0 Å². The third-order valence-electron chi connectivity index (χ3n) is 11.6. The van der Waals surface area contributed by atoms with E-state index in [0.717, 1.165) is 34.3 Å². The normalized spacial score (nSPS) is 13.9. The molecule has 0 fully saturated rings. The summed E-state index contributed by atoms with van der Waals surface area (Å²) in [5, 5.41) is 7.38. The van der Waals surface area contributed by atoms with Crippen LogP contribution in [-0.4, -0.2) is 14.5 Å². The Morgan fingerprint density at radius 2 is 0.982 bits per heavy atom. The SMILES string of the molecule is C1=CCC(n2c3ccc(-c4cncc(-c5ccc(-c6c7ccccc7c(-c7cccc(-c8ccccc8)c7)c7ccccc67)cc5)c4)cc3c3cccnc32)C=C1. The van der Waals surface area contributed by atoms with E-state index in [-0.39, 0.29) is 6.04 Å². The van der Waals surface area contributed by atoms with Gasteiger partial charge in [0.2, 0.25) is 0 Å². The van der Waals surface area contributed by atoms with E-state index in [2.05, 4.69) is 187 Å². The molecule has 1 aliphatic rings. The molecular formula is C54H37N3. The summed E-state index contributed by atoms with van der Waals surface area (Å²) >= 11 is 0. The maximum Gasteiger partial charge on any atom is 0.141 e. The average molecular weight is 728 g/mol. The number of nitrogens with zero attached hydrogens (tertiary/aromatic N) is 3. The monoisotopic (exact) mass is 727 g/mol. The minimum atomic E-state index is 0.245. The fourth-order valence-electron chi connectivity index (χ4n) is 8.97. The van der Waals surface area contributed by atoms with Crippen molar-refractivity contribution in [1.82, 2.24) is 14.5 Å². The summed E-state index contributed by atoms with van der Waals surface area (Å²) in [5.41, 5.74) is 14.1. The Morgan fingerprint density at radius 3 is 1.70 bits per heavy atom. The van der Waals surface area contributed by atoms with Gasteiger partial charge in [-0.05, 0) is 109 Å². The molecule has 0 aliphatic heterocycles. The van der Waals surface area contributed by atoms with Gasteiger partial charge in [-0.3, -0.25) is 4.98 Å². The molecule has 0 bridgehead atoms. The highest BCUT2D eigenvalue weighted by atomic mass is 15.1. The first-order valence-electron chi connectivity index (χ1n) is 19.7. The Labute approximate surface area is 331 Å². The highest BCUT2D eigenvalue weighted by Crippen LogP contribution is 2.45. The van der Waals surface area contributed by atoms with E-state index in [9.17, 15) is 0 Å². The Morgan fingerprint density at radius 1 is 0.421 bits per heavy atom. The molecule has 57 heavy (non-hydrogen) atoms. The molecule has 268 valence electrons. The molecule has 1 aliphatic carbocycles. The number of benzene rings is 7. The van der Waals surface area contributed by atoms with Gasteiger partial charge < -0.3 is 4.57 Å². The summed E-state index contributed by atoms with van der Waals surface area (Å²) in [6.45, 7) is 0. The molecule has 7 aromatic carbocycles. The molecule has 0 saturated carbocycles. The number of rotatable bonds is 6. The van der Waals surface area contributed by atoms with Crippen molar-refractivity contribution < 1.29 is 0 Å². The number of hydrogen-bond acceptors (Lipinski definition) is 2. The van der Waals surface area contributed by atoms with E-state index in [0.29, 0.717) is 0 Å². The minimum Gasteiger partial charge on any atom is -0.318 e. The lowest BCUT2D eigenvalue weighted by Gasteiger charge is -2.18. The zero-order chi connectivity index (χ0) is 37.7. The molecule has 0 N–H and O–H groups in total. The first-order valence-corrected chi connectivity index (χ1v) is 19.7. The smallest absolute Gasteiger partial charge is 0.141 e. The van der Waals surface area contributed by atoms with Gasteiger partial charge in [-0.25, -0.2) is 4.98 Å². The van der Waals surface area contributed by atoms with Crippen LogP contribution in [0.2, 0.25) is 0 Å². The second-order valence-corrected chi connectivity index (χ2v) is 14.9. The van der Waals surface area contributed by atoms with Crippen molar-refractivity contribution in [3.8, 4) is 55.6 Å².